The van der Waals surface area contributed by atoms with E-state index in [2.05, 4.69) is 15.5 Å². The van der Waals surface area contributed by atoms with Crippen molar-refractivity contribution in [2.24, 2.45) is 0 Å². The molecule has 1 heterocycles. The van der Waals surface area contributed by atoms with E-state index in [4.69, 9.17) is 4.42 Å². The minimum absolute atomic E-state index is 0.280. The average Bonchev–Trinajstić information content (AvgIpc) is 2.40. The van der Waals surface area contributed by atoms with Gasteiger partial charge in [-0.3, -0.25) is 0 Å². The molecular weight excluding hydrogens is 146 g/mol. The van der Waals surface area contributed by atoms with Crippen molar-refractivity contribution in [1.82, 2.24) is 15.5 Å². The van der Waals surface area contributed by atoms with Gasteiger partial charge in [0.05, 0.1) is 6.10 Å². The topological polar surface area (TPSA) is 71.2 Å². The van der Waals surface area contributed by atoms with Crippen LogP contribution in [-0.4, -0.2) is 28.5 Å². The first-order chi connectivity index (χ1) is 5.25. The summed E-state index contributed by atoms with van der Waals surface area (Å²) in [6, 6.07) is -0.280. The summed E-state index contributed by atoms with van der Waals surface area (Å²) >= 11 is 0. The van der Waals surface area contributed by atoms with Crippen LogP contribution in [-0.2, 0) is 0 Å². The molecule has 0 saturated heterocycles. The van der Waals surface area contributed by atoms with Gasteiger partial charge in [-0.2, -0.15) is 0 Å². The second kappa shape index (κ2) is 3.45. The van der Waals surface area contributed by atoms with E-state index in [1.165, 1.54) is 6.39 Å². The molecule has 5 nitrogen and oxygen atoms in total. The highest BCUT2D eigenvalue weighted by atomic mass is 16.4. The summed E-state index contributed by atoms with van der Waals surface area (Å²) in [6.07, 6.45) is 0.697. The fraction of sp³-hybridized carbons (Fsp3) is 0.667. The number of aliphatic hydroxyl groups excluding tert-OH is 1. The van der Waals surface area contributed by atoms with Crippen LogP contribution in [0, 0.1) is 0 Å². The Hall–Kier alpha value is -0.940. The molecule has 0 aliphatic rings. The third-order valence-electron chi connectivity index (χ3n) is 1.44. The van der Waals surface area contributed by atoms with Crippen LogP contribution in [0.1, 0.15) is 18.9 Å². The Bertz CT molecular complexity index is 198. The highest BCUT2D eigenvalue weighted by Crippen LogP contribution is 2.12. The third-order valence-corrected chi connectivity index (χ3v) is 1.44. The van der Waals surface area contributed by atoms with E-state index < -0.39 is 6.10 Å². The maximum absolute atomic E-state index is 9.19. The first-order valence-electron chi connectivity index (χ1n) is 3.37. The van der Waals surface area contributed by atoms with E-state index in [-0.39, 0.29) is 6.04 Å². The summed E-state index contributed by atoms with van der Waals surface area (Å²) in [5.41, 5.74) is 0. The Balaban J connectivity index is 2.71. The number of aliphatic hydroxyl groups is 1. The average molecular weight is 157 g/mol. The van der Waals surface area contributed by atoms with E-state index in [0.29, 0.717) is 5.89 Å². The van der Waals surface area contributed by atoms with Gasteiger partial charge in [0.1, 0.15) is 6.04 Å². The molecule has 0 radical (unpaired) electrons. The minimum atomic E-state index is -0.541. The lowest BCUT2D eigenvalue weighted by molar-refractivity contribution is 0.135. The summed E-state index contributed by atoms with van der Waals surface area (Å²) in [5.74, 6) is 0.405. The van der Waals surface area contributed by atoms with E-state index in [1.54, 1.807) is 14.0 Å². The Kier molecular flexibility index (Phi) is 2.56. The Morgan fingerprint density at radius 2 is 2.45 bits per heavy atom. The van der Waals surface area contributed by atoms with Gasteiger partial charge in [-0.15, -0.1) is 10.2 Å². The molecule has 62 valence electrons. The number of likely N-dealkylation sites (N-methyl/N-ethyl adjacent to an activating group) is 1. The lowest BCUT2D eigenvalue weighted by Gasteiger charge is -2.13. The van der Waals surface area contributed by atoms with Gasteiger partial charge < -0.3 is 14.8 Å². The summed E-state index contributed by atoms with van der Waals surface area (Å²) in [6.45, 7) is 1.66. The van der Waals surface area contributed by atoms with Crippen LogP contribution in [0.15, 0.2) is 10.8 Å². The van der Waals surface area contributed by atoms with Crippen molar-refractivity contribution < 1.29 is 9.52 Å². The second-order valence-electron chi connectivity index (χ2n) is 2.28. The van der Waals surface area contributed by atoms with Crippen molar-refractivity contribution in [3.8, 4) is 0 Å². The summed E-state index contributed by atoms with van der Waals surface area (Å²) in [4.78, 5) is 0. The normalized spacial score (nSPS) is 16.3. The standard InChI is InChI=1S/C6H11N3O2/c1-4(10)5(7-2)6-9-8-3-11-6/h3-5,7,10H,1-2H3. The third kappa shape index (κ3) is 1.75. The smallest absolute Gasteiger partial charge is 0.235 e. The fourth-order valence-corrected chi connectivity index (χ4v) is 0.888. The molecule has 5 heteroatoms. The number of hydrogen-bond donors (Lipinski definition) is 2. The van der Waals surface area contributed by atoms with Crippen molar-refractivity contribution in [2.45, 2.75) is 19.1 Å². The molecule has 2 atom stereocenters. The second-order valence-corrected chi connectivity index (χ2v) is 2.28. The van der Waals surface area contributed by atoms with Crippen LogP contribution in [0.25, 0.3) is 0 Å². The Morgan fingerprint density at radius 1 is 1.73 bits per heavy atom. The maximum atomic E-state index is 9.19. The molecule has 0 aromatic carbocycles. The van der Waals surface area contributed by atoms with Crippen molar-refractivity contribution in [3.05, 3.63) is 12.3 Å². The maximum Gasteiger partial charge on any atom is 0.235 e. The van der Waals surface area contributed by atoms with Gasteiger partial charge in [-0.05, 0) is 14.0 Å². The van der Waals surface area contributed by atoms with Crippen LogP contribution in [0.5, 0.6) is 0 Å². The molecule has 11 heavy (non-hydrogen) atoms. The molecule has 1 rings (SSSR count). The molecule has 0 amide bonds. The highest BCUT2D eigenvalue weighted by Gasteiger charge is 2.19. The number of nitrogens with one attached hydrogen (secondary N) is 1. The van der Waals surface area contributed by atoms with Gasteiger partial charge in [0.15, 0.2) is 0 Å². The van der Waals surface area contributed by atoms with E-state index in [1.807, 2.05) is 0 Å². The zero-order valence-corrected chi connectivity index (χ0v) is 6.48. The first kappa shape index (κ1) is 8.16. The number of rotatable bonds is 3. The van der Waals surface area contributed by atoms with Gasteiger partial charge >= 0.3 is 0 Å². The van der Waals surface area contributed by atoms with Crippen LogP contribution in [0.4, 0.5) is 0 Å². The highest BCUT2D eigenvalue weighted by molar-refractivity contribution is 4.88. The van der Waals surface area contributed by atoms with Crippen molar-refractivity contribution in [2.75, 3.05) is 7.05 Å². The lowest BCUT2D eigenvalue weighted by Crippen LogP contribution is -2.27. The lowest BCUT2D eigenvalue weighted by atomic mass is 10.2. The van der Waals surface area contributed by atoms with Crippen molar-refractivity contribution >= 4 is 0 Å². The molecule has 0 spiro atoms. The van der Waals surface area contributed by atoms with Crippen molar-refractivity contribution in [1.29, 1.82) is 0 Å². The van der Waals surface area contributed by atoms with Gasteiger partial charge in [0.25, 0.3) is 0 Å². The Morgan fingerprint density at radius 3 is 2.82 bits per heavy atom. The molecule has 2 N–H and O–H groups in total. The monoisotopic (exact) mass is 157 g/mol. The molecule has 1 aromatic rings. The fourth-order valence-electron chi connectivity index (χ4n) is 0.888. The molecular formula is C6H11N3O2. The predicted molar refractivity (Wildman–Crippen MR) is 37.8 cm³/mol. The Labute approximate surface area is 64.4 Å². The van der Waals surface area contributed by atoms with Crippen molar-refractivity contribution in [3.63, 3.8) is 0 Å². The summed E-state index contributed by atoms with van der Waals surface area (Å²) in [7, 11) is 1.72. The molecule has 0 saturated carbocycles. The largest absolute Gasteiger partial charge is 0.426 e. The zero-order chi connectivity index (χ0) is 8.27. The number of nitrogens with zero attached hydrogens (tertiary/aromatic N) is 2. The van der Waals surface area contributed by atoms with E-state index in [9.17, 15) is 5.11 Å². The molecule has 0 aliphatic carbocycles. The molecule has 0 fully saturated rings. The number of aromatic nitrogens is 2. The SMILES string of the molecule is CNC(c1nnco1)C(C)O. The number of hydrogen-bond acceptors (Lipinski definition) is 5. The van der Waals surface area contributed by atoms with Gasteiger partial charge in [-0.25, -0.2) is 0 Å². The van der Waals surface area contributed by atoms with Gasteiger partial charge in [0, 0.05) is 0 Å². The van der Waals surface area contributed by atoms with Crippen LogP contribution < -0.4 is 5.32 Å². The zero-order valence-electron chi connectivity index (χ0n) is 6.48. The van der Waals surface area contributed by atoms with Crippen LogP contribution in [0.3, 0.4) is 0 Å². The summed E-state index contributed by atoms with van der Waals surface area (Å²) < 4.78 is 4.90. The van der Waals surface area contributed by atoms with E-state index in [0.717, 1.165) is 0 Å². The first-order valence-corrected chi connectivity index (χ1v) is 3.37. The quantitative estimate of drug-likeness (QED) is 0.631. The van der Waals surface area contributed by atoms with E-state index >= 15 is 0 Å². The van der Waals surface area contributed by atoms with Gasteiger partial charge in [-0.1, -0.05) is 0 Å². The molecule has 2 unspecified atom stereocenters. The van der Waals surface area contributed by atoms with Crippen LogP contribution >= 0.6 is 0 Å². The molecule has 1 aromatic heterocycles. The van der Waals surface area contributed by atoms with Gasteiger partial charge in [0.2, 0.25) is 12.3 Å². The van der Waals surface area contributed by atoms with Crippen LogP contribution in [0.2, 0.25) is 0 Å². The molecule has 0 bridgehead atoms. The molecule has 0 aliphatic heterocycles. The minimum Gasteiger partial charge on any atom is -0.426 e. The predicted octanol–water partition coefficient (Wildman–Crippen LogP) is -0.289. The summed E-state index contributed by atoms with van der Waals surface area (Å²) in [5, 5.41) is 19.2.